The van der Waals surface area contributed by atoms with Gasteiger partial charge in [0, 0.05) is 18.0 Å². The van der Waals surface area contributed by atoms with E-state index >= 15 is 0 Å². The average molecular weight is 430 g/mol. The van der Waals surface area contributed by atoms with Crippen LogP contribution in [0.15, 0.2) is 77.7 Å². The Morgan fingerprint density at radius 3 is 2.50 bits per heavy atom. The average Bonchev–Trinajstić information content (AvgIpc) is 3.20. The fourth-order valence-corrected chi connectivity index (χ4v) is 2.92. The molecule has 2 heterocycles. The van der Waals surface area contributed by atoms with Crippen LogP contribution in [0, 0.1) is 0 Å². The molecular formula is C24H18N2O6. The zero-order valence-electron chi connectivity index (χ0n) is 17.3. The van der Waals surface area contributed by atoms with Gasteiger partial charge in [-0.25, -0.2) is 14.6 Å². The molecular weight excluding hydrogens is 412 g/mol. The highest BCUT2D eigenvalue weighted by molar-refractivity contribution is 6.12. The predicted octanol–water partition coefficient (Wildman–Crippen LogP) is 3.66. The molecule has 0 N–H and O–H groups in total. The Morgan fingerprint density at radius 1 is 1.00 bits per heavy atom. The molecule has 0 saturated carbocycles. The predicted molar refractivity (Wildman–Crippen MR) is 116 cm³/mol. The van der Waals surface area contributed by atoms with Gasteiger partial charge in [0.1, 0.15) is 5.75 Å². The van der Waals surface area contributed by atoms with Gasteiger partial charge in [-0.2, -0.15) is 0 Å². The number of carbonyl (C=O) groups is 2. The Kier molecular flexibility index (Phi) is 5.94. The molecule has 4 rings (SSSR count). The number of cyclic esters (lactones) is 1. The Labute approximate surface area is 183 Å². The van der Waals surface area contributed by atoms with Gasteiger partial charge in [-0.1, -0.05) is 6.07 Å². The van der Waals surface area contributed by atoms with E-state index in [-0.39, 0.29) is 17.3 Å². The van der Waals surface area contributed by atoms with Gasteiger partial charge in [0.15, 0.2) is 17.2 Å². The van der Waals surface area contributed by atoms with Crippen LogP contribution in [0.5, 0.6) is 17.2 Å². The monoisotopic (exact) mass is 430 g/mol. The molecule has 2 aromatic carbocycles. The van der Waals surface area contributed by atoms with Gasteiger partial charge in [0.2, 0.25) is 5.90 Å². The Balaban J connectivity index is 1.56. The van der Waals surface area contributed by atoms with Gasteiger partial charge in [0.25, 0.3) is 0 Å². The van der Waals surface area contributed by atoms with E-state index < -0.39 is 11.9 Å². The number of benzene rings is 2. The van der Waals surface area contributed by atoms with Crippen molar-refractivity contribution in [3.63, 3.8) is 0 Å². The van der Waals surface area contributed by atoms with Crippen molar-refractivity contribution in [2.45, 2.75) is 0 Å². The topological polar surface area (TPSA) is 96.3 Å². The number of aliphatic imine (C=N–C) groups is 1. The van der Waals surface area contributed by atoms with E-state index in [1.165, 1.54) is 13.3 Å². The van der Waals surface area contributed by atoms with Crippen LogP contribution >= 0.6 is 0 Å². The second kappa shape index (κ2) is 9.13. The van der Waals surface area contributed by atoms with Crippen molar-refractivity contribution < 1.29 is 28.5 Å². The van der Waals surface area contributed by atoms with Gasteiger partial charge in [-0.15, -0.1) is 0 Å². The van der Waals surface area contributed by atoms with E-state index in [0.29, 0.717) is 28.2 Å². The lowest BCUT2D eigenvalue weighted by atomic mass is 10.1. The van der Waals surface area contributed by atoms with Crippen molar-refractivity contribution >= 4 is 23.9 Å². The summed E-state index contributed by atoms with van der Waals surface area (Å²) in [5.74, 6) is 0.323. The van der Waals surface area contributed by atoms with Crippen LogP contribution in [0.4, 0.5) is 0 Å². The lowest BCUT2D eigenvalue weighted by Gasteiger charge is -2.10. The number of hydrogen-bond acceptors (Lipinski definition) is 8. The molecule has 0 fully saturated rings. The van der Waals surface area contributed by atoms with Crippen LogP contribution in [0.3, 0.4) is 0 Å². The van der Waals surface area contributed by atoms with Crippen LogP contribution in [0.2, 0.25) is 0 Å². The van der Waals surface area contributed by atoms with Gasteiger partial charge >= 0.3 is 11.9 Å². The molecule has 0 spiro atoms. The zero-order valence-corrected chi connectivity index (χ0v) is 17.3. The lowest BCUT2D eigenvalue weighted by molar-refractivity contribution is -0.129. The van der Waals surface area contributed by atoms with Crippen molar-refractivity contribution in [1.29, 1.82) is 0 Å². The van der Waals surface area contributed by atoms with Crippen LogP contribution in [-0.4, -0.2) is 37.0 Å². The van der Waals surface area contributed by atoms with Gasteiger partial charge in [-0.3, -0.25) is 4.98 Å². The molecule has 0 atom stereocenters. The maximum atomic E-state index is 12.3. The third-order valence-electron chi connectivity index (χ3n) is 4.55. The first-order valence-electron chi connectivity index (χ1n) is 9.54. The maximum Gasteiger partial charge on any atom is 0.363 e. The number of aromatic nitrogens is 1. The minimum Gasteiger partial charge on any atom is -0.497 e. The molecule has 1 aliphatic heterocycles. The van der Waals surface area contributed by atoms with E-state index in [2.05, 4.69) is 9.98 Å². The minimum atomic E-state index is -0.568. The fourth-order valence-electron chi connectivity index (χ4n) is 2.92. The largest absolute Gasteiger partial charge is 0.497 e. The lowest BCUT2D eigenvalue weighted by Crippen LogP contribution is -2.09. The molecule has 8 nitrogen and oxygen atoms in total. The van der Waals surface area contributed by atoms with Crippen molar-refractivity contribution in [1.82, 2.24) is 4.98 Å². The zero-order chi connectivity index (χ0) is 22.5. The first kappa shape index (κ1) is 20.8. The highest BCUT2D eigenvalue weighted by atomic mass is 16.6. The fraction of sp³-hybridized carbons (Fsp3) is 0.0833. The Bertz CT molecular complexity index is 1220. The number of hydrogen-bond donors (Lipinski definition) is 0. The molecule has 0 amide bonds. The normalized spacial score (nSPS) is 14.0. The molecule has 0 aliphatic carbocycles. The molecule has 32 heavy (non-hydrogen) atoms. The quantitative estimate of drug-likeness (QED) is 0.334. The SMILES string of the molecule is COc1ccc(C2=N/C(=C\c3ccc(OC(=O)c4cccnc4)c(OC)c3)C(=O)O2)cc1. The van der Waals surface area contributed by atoms with Crippen molar-refractivity contribution in [2.75, 3.05) is 14.2 Å². The molecule has 0 bridgehead atoms. The smallest absolute Gasteiger partial charge is 0.363 e. The third kappa shape index (κ3) is 4.49. The van der Waals surface area contributed by atoms with Crippen LogP contribution in [0.1, 0.15) is 21.5 Å². The van der Waals surface area contributed by atoms with Gasteiger partial charge in [-0.05, 0) is 60.2 Å². The summed E-state index contributed by atoms with van der Waals surface area (Å²) in [5.41, 5.74) is 1.72. The summed E-state index contributed by atoms with van der Waals surface area (Å²) in [6, 6.07) is 15.1. The molecule has 8 heteroatoms. The number of esters is 2. The molecule has 1 aromatic heterocycles. The molecule has 160 valence electrons. The highest BCUT2D eigenvalue weighted by Crippen LogP contribution is 2.30. The first-order valence-corrected chi connectivity index (χ1v) is 9.54. The van der Waals surface area contributed by atoms with Crippen LogP contribution in [-0.2, 0) is 9.53 Å². The van der Waals surface area contributed by atoms with E-state index in [9.17, 15) is 9.59 Å². The Morgan fingerprint density at radius 2 is 1.81 bits per heavy atom. The maximum absolute atomic E-state index is 12.3. The van der Waals surface area contributed by atoms with Gasteiger partial charge < -0.3 is 18.9 Å². The van der Waals surface area contributed by atoms with E-state index in [1.54, 1.807) is 74.0 Å². The molecule has 0 radical (unpaired) electrons. The second-order valence-electron chi connectivity index (χ2n) is 6.61. The number of carbonyl (C=O) groups excluding carboxylic acids is 2. The van der Waals surface area contributed by atoms with Crippen molar-refractivity contribution in [3.05, 3.63) is 89.4 Å². The summed E-state index contributed by atoms with van der Waals surface area (Å²) in [4.78, 5) is 32.7. The van der Waals surface area contributed by atoms with Crippen LogP contribution < -0.4 is 14.2 Å². The van der Waals surface area contributed by atoms with Crippen molar-refractivity contribution in [2.24, 2.45) is 4.99 Å². The van der Waals surface area contributed by atoms with E-state index in [0.717, 1.165) is 0 Å². The minimum absolute atomic E-state index is 0.137. The molecule has 3 aromatic rings. The Hall–Kier alpha value is -4.46. The summed E-state index contributed by atoms with van der Waals surface area (Å²) < 4.78 is 21.2. The highest BCUT2D eigenvalue weighted by Gasteiger charge is 2.24. The first-order chi connectivity index (χ1) is 15.6. The summed E-state index contributed by atoms with van der Waals surface area (Å²) in [6.45, 7) is 0. The van der Waals surface area contributed by atoms with E-state index in [1.807, 2.05) is 0 Å². The number of ether oxygens (including phenoxy) is 4. The molecule has 0 saturated heterocycles. The molecule has 1 aliphatic rings. The summed E-state index contributed by atoms with van der Waals surface area (Å²) in [7, 11) is 3.03. The number of rotatable bonds is 6. The summed E-state index contributed by atoms with van der Waals surface area (Å²) >= 11 is 0. The van der Waals surface area contributed by atoms with Crippen molar-refractivity contribution in [3.8, 4) is 17.2 Å². The summed E-state index contributed by atoms with van der Waals surface area (Å²) in [5, 5.41) is 0. The number of methoxy groups -OCH3 is 2. The second-order valence-corrected chi connectivity index (χ2v) is 6.61. The standard InChI is InChI=1S/C24H18N2O6/c1-29-18-8-6-16(7-9-18)22-26-19(24(28)32-22)12-15-5-10-20(21(13-15)30-2)31-23(27)17-4-3-11-25-14-17/h3-14H,1-2H3/b19-12-. The number of nitrogens with zero attached hydrogens (tertiary/aromatic N) is 2. The molecule has 0 unspecified atom stereocenters. The summed E-state index contributed by atoms with van der Waals surface area (Å²) in [6.07, 6.45) is 4.54. The van der Waals surface area contributed by atoms with E-state index in [4.69, 9.17) is 18.9 Å². The third-order valence-corrected chi connectivity index (χ3v) is 4.55. The number of pyridine rings is 1. The van der Waals surface area contributed by atoms with Gasteiger partial charge in [0.05, 0.1) is 19.8 Å². The van der Waals surface area contributed by atoms with Crippen LogP contribution in [0.25, 0.3) is 6.08 Å².